The number of aliphatic carboxylic acids is 1. The van der Waals surface area contributed by atoms with Crippen molar-refractivity contribution < 1.29 is 33.0 Å². The molecule has 0 fully saturated rings. The number of carboxylic acids is 1. The molecule has 9 heteroatoms. The van der Waals surface area contributed by atoms with Crippen molar-refractivity contribution >= 4 is 25.0 Å². The van der Waals surface area contributed by atoms with Crippen LogP contribution in [0, 0.1) is 0 Å². The van der Waals surface area contributed by atoms with Crippen molar-refractivity contribution in [2.24, 2.45) is 0 Å². The molecule has 8 nitrogen and oxygen atoms in total. The summed E-state index contributed by atoms with van der Waals surface area (Å²) in [5.74, 6) is -1.27. The Morgan fingerprint density at radius 1 is 0.833 bits per heavy atom. The Bertz CT molecular complexity index is 1140. The highest BCUT2D eigenvalue weighted by atomic mass is 31.2. The number of benzene rings is 3. The maximum atomic E-state index is 13.9. The first-order valence-corrected chi connectivity index (χ1v) is 12.9. The fourth-order valence-electron chi connectivity index (χ4n) is 3.22. The van der Waals surface area contributed by atoms with Gasteiger partial charge >= 0.3 is 19.7 Å². The maximum Gasteiger partial charge on any atom is 0.408 e. The summed E-state index contributed by atoms with van der Waals surface area (Å²) < 4.78 is 30.7. The van der Waals surface area contributed by atoms with Crippen LogP contribution in [0.15, 0.2) is 84.9 Å². The number of carboxylic acid groups (broad SMARTS) is 1. The quantitative estimate of drug-likeness (QED) is 0.341. The van der Waals surface area contributed by atoms with E-state index in [-0.39, 0.29) is 24.1 Å². The summed E-state index contributed by atoms with van der Waals surface area (Å²) in [5.41, 5.74) is 1.14. The minimum absolute atomic E-state index is 0.0621. The van der Waals surface area contributed by atoms with Crippen molar-refractivity contribution in [1.29, 1.82) is 0 Å². The average Bonchev–Trinajstić information content (AvgIpc) is 2.85. The molecule has 0 aliphatic carbocycles. The highest BCUT2D eigenvalue weighted by Crippen LogP contribution is 2.48. The van der Waals surface area contributed by atoms with Gasteiger partial charge in [0.05, 0.1) is 18.5 Å². The summed E-state index contributed by atoms with van der Waals surface area (Å²) in [5, 5.41) is 12.3. The fourth-order valence-corrected chi connectivity index (χ4v) is 4.74. The molecule has 0 aliphatic rings. The van der Waals surface area contributed by atoms with Crippen LogP contribution in [0.2, 0.25) is 0 Å². The van der Waals surface area contributed by atoms with Gasteiger partial charge in [-0.05, 0) is 49.6 Å². The first-order valence-electron chi connectivity index (χ1n) is 11.4. The lowest BCUT2D eigenvalue weighted by Gasteiger charge is -2.23. The predicted octanol–water partition coefficient (Wildman–Crippen LogP) is 5.59. The van der Waals surface area contributed by atoms with Crippen molar-refractivity contribution in [2.75, 3.05) is 0 Å². The Morgan fingerprint density at radius 2 is 1.31 bits per heavy atom. The third-order valence-corrected chi connectivity index (χ3v) is 6.81. The zero-order chi connectivity index (χ0) is 26.2. The molecular formula is C27H30NO7P. The molecule has 1 amide bonds. The molecular weight excluding hydrogens is 481 g/mol. The van der Waals surface area contributed by atoms with Crippen LogP contribution in [0.1, 0.15) is 43.5 Å². The van der Waals surface area contributed by atoms with Gasteiger partial charge < -0.3 is 24.2 Å². The predicted molar refractivity (Wildman–Crippen MR) is 136 cm³/mol. The molecule has 2 N–H and O–H groups in total. The summed E-state index contributed by atoms with van der Waals surface area (Å²) in [6.07, 6.45) is -0.859. The van der Waals surface area contributed by atoms with Crippen molar-refractivity contribution in [3.8, 4) is 0 Å². The molecule has 0 radical (unpaired) electrons. The van der Waals surface area contributed by atoms with E-state index in [1.54, 1.807) is 20.8 Å². The van der Waals surface area contributed by atoms with Crippen LogP contribution in [0.3, 0.4) is 0 Å². The normalized spacial score (nSPS) is 12.5. The van der Waals surface area contributed by atoms with Crippen molar-refractivity contribution in [3.05, 3.63) is 102 Å². The Kier molecular flexibility index (Phi) is 9.04. The van der Waals surface area contributed by atoms with Gasteiger partial charge in [-0.2, -0.15) is 0 Å². The lowest BCUT2D eigenvalue weighted by molar-refractivity contribution is -0.139. The van der Waals surface area contributed by atoms with Gasteiger partial charge in [0.2, 0.25) is 0 Å². The van der Waals surface area contributed by atoms with Crippen LogP contribution in [-0.2, 0) is 36.4 Å². The summed E-state index contributed by atoms with van der Waals surface area (Å²) in [4.78, 5) is 24.0. The summed E-state index contributed by atoms with van der Waals surface area (Å²) in [7, 11) is -3.79. The molecule has 3 aromatic rings. The maximum absolute atomic E-state index is 13.9. The standard InChI is InChI=1S/C27H30NO7P/c1-27(2,3)35-26(31)28-24(25(29)30)22-14-16-23(17-15-22)36(32,33-18-20-10-6-4-7-11-20)34-19-21-12-8-5-9-13-21/h4-17,24H,18-19H2,1-3H3,(H,28,31)(H,29,30). The number of hydrogen-bond donors (Lipinski definition) is 2. The zero-order valence-corrected chi connectivity index (χ0v) is 21.3. The van der Waals surface area contributed by atoms with Gasteiger partial charge in [-0.3, -0.25) is 4.57 Å². The Morgan fingerprint density at radius 3 is 1.72 bits per heavy atom. The molecule has 190 valence electrons. The number of carbonyl (C=O) groups is 2. The zero-order valence-electron chi connectivity index (χ0n) is 20.4. The number of alkyl carbamates (subject to hydrolysis) is 1. The molecule has 0 aliphatic heterocycles. The minimum Gasteiger partial charge on any atom is -0.479 e. The van der Waals surface area contributed by atoms with Gasteiger partial charge in [-0.15, -0.1) is 0 Å². The smallest absolute Gasteiger partial charge is 0.408 e. The van der Waals surface area contributed by atoms with Crippen LogP contribution < -0.4 is 10.6 Å². The van der Waals surface area contributed by atoms with E-state index in [9.17, 15) is 19.3 Å². The van der Waals surface area contributed by atoms with E-state index in [0.29, 0.717) is 0 Å². The van der Waals surface area contributed by atoms with E-state index in [4.69, 9.17) is 13.8 Å². The molecule has 1 atom stereocenters. The lowest BCUT2D eigenvalue weighted by Crippen LogP contribution is -2.38. The largest absolute Gasteiger partial charge is 0.479 e. The minimum atomic E-state index is -3.79. The lowest BCUT2D eigenvalue weighted by atomic mass is 10.1. The Labute approximate surface area is 210 Å². The number of carbonyl (C=O) groups excluding carboxylic acids is 1. The molecule has 0 aromatic heterocycles. The van der Waals surface area contributed by atoms with E-state index >= 15 is 0 Å². The van der Waals surface area contributed by atoms with E-state index in [2.05, 4.69) is 5.32 Å². The second kappa shape index (κ2) is 12.0. The molecule has 0 saturated carbocycles. The first-order chi connectivity index (χ1) is 17.1. The topological polar surface area (TPSA) is 111 Å². The highest BCUT2D eigenvalue weighted by Gasteiger charge is 2.30. The summed E-state index contributed by atoms with van der Waals surface area (Å²) >= 11 is 0. The van der Waals surface area contributed by atoms with Crippen molar-refractivity contribution in [1.82, 2.24) is 5.32 Å². The molecule has 1 unspecified atom stereocenters. The van der Waals surface area contributed by atoms with Gasteiger partial charge in [0, 0.05) is 0 Å². The van der Waals surface area contributed by atoms with Crippen LogP contribution in [0.5, 0.6) is 0 Å². The monoisotopic (exact) mass is 511 g/mol. The fraction of sp³-hybridized carbons (Fsp3) is 0.259. The number of ether oxygens (including phenoxy) is 1. The van der Waals surface area contributed by atoms with Crippen LogP contribution in [0.25, 0.3) is 0 Å². The second-order valence-electron chi connectivity index (χ2n) is 9.02. The molecule has 0 bridgehead atoms. The molecule has 0 heterocycles. The summed E-state index contributed by atoms with van der Waals surface area (Å²) in [6, 6.07) is 23.1. The van der Waals surface area contributed by atoms with Gasteiger partial charge in [0.1, 0.15) is 5.60 Å². The molecule has 3 rings (SSSR count). The highest BCUT2D eigenvalue weighted by molar-refractivity contribution is 7.62. The Balaban J connectivity index is 1.82. The van der Waals surface area contributed by atoms with Crippen molar-refractivity contribution in [3.63, 3.8) is 0 Å². The van der Waals surface area contributed by atoms with E-state index in [0.717, 1.165) is 11.1 Å². The van der Waals surface area contributed by atoms with Gasteiger partial charge in [0.25, 0.3) is 0 Å². The van der Waals surface area contributed by atoms with E-state index in [1.165, 1.54) is 24.3 Å². The molecule has 0 saturated heterocycles. The van der Waals surface area contributed by atoms with Crippen LogP contribution in [-0.4, -0.2) is 22.8 Å². The number of amides is 1. The molecule has 36 heavy (non-hydrogen) atoms. The number of hydrogen-bond acceptors (Lipinski definition) is 6. The SMILES string of the molecule is CC(C)(C)OC(=O)NC(C(=O)O)c1ccc(P(=O)(OCc2ccccc2)OCc2ccccc2)cc1. The number of nitrogens with one attached hydrogen (secondary N) is 1. The van der Waals surface area contributed by atoms with Gasteiger partial charge in [-0.1, -0.05) is 72.8 Å². The third-order valence-electron chi connectivity index (χ3n) is 4.94. The van der Waals surface area contributed by atoms with Gasteiger partial charge in [0.15, 0.2) is 6.04 Å². The Hall–Kier alpha value is -3.45. The number of rotatable bonds is 10. The van der Waals surface area contributed by atoms with Crippen LogP contribution >= 0.6 is 7.60 Å². The molecule has 0 spiro atoms. The first kappa shape index (κ1) is 27.1. The van der Waals surface area contributed by atoms with E-state index < -0.39 is 31.3 Å². The average molecular weight is 512 g/mol. The second-order valence-corrected chi connectivity index (χ2v) is 11.1. The van der Waals surface area contributed by atoms with Crippen LogP contribution in [0.4, 0.5) is 4.79 Å². The van der Waals surface area contributed by atoms with Crippen molar-refractivity contribution in [2.45, 2.75) is 45.6 Å². The van der Waals surface area contributed by atoms with Gasteiger partial charge in [-0.25, -0.2) is 9.59 Å². The van der Waals surface area contributed by atoms with E-state index in [1.807, 2.05) is 60.7 Å². The third kappa shape index (κ3) is 8.05. The summed E-state index contributed by atoms with van der Waals surface area (Å²) in [6.45, 7) is 5.16. The molecule has 3 aromatic carbocycles.